The lowest BCUT2D eigenvalue weighted by Gasteiger charge is -2.09. The molecule has 3 rings (SSSR count). The number of rotatable bonds is 12. The smallest absolute Gasteiger partial charge is 0.274 e. The van der Waals surface area contributed by atoms with Crippen LogP contribution in [0, 0.1) is 17.0 Å². The van der Waals surface area contributed by atoms with Gasteiger partial charge in [-0.1, -0.05) is 36.0 Å². The average Bonchev–Trinajstić information content (AvgIpc) is 3.21. The van der Waals surface area contributed by atoms with Crippen molar-refractivity contribution in [2.45, 2.75) is 37.9 Å². The first-order valence-electron chi connectivity index (χ1n) is 10.7. The van der Waals surface area contributed by atoms with Gasteiger partial charge in [-0.3, -0.25) is 14.9 Å². The number of aromatic nitrogens is 3. The van der Waals surface area contributed by atoms with E-state index in [4.69, 9.17) is 4.74 Å². The predicted molar refractivity (Wildman–Crippen MR) is 132 cm³/mol. The number of carbonyl (C=O) groups excluding carboxylic acids is 1. The summed E-state index contributed by atoms with van der Waals surface area (Å²) in [5.74, 6) is 1.49. The summed E-state index contributed by atoms with van der Waals surface area (Å²) >= 11 is 1.26. The molecule has 34 heavy (non-hydrogen) atoms. The fraction of sp³-hybridized carbons (Fsp3) is 0.292. The molecule has 0 fully saturated rings. The lowest BCUT2D eigenvalue weighted by Crippen LogP contribution is -2.15. The number of hydrogen-bond donors (Lipinski definition) is 1. The van der Waals surface area contributed by atoms with Crippen LogP contribution in [0.3, 0.4) is 0 Å². The van der Waals surface area contributed by atoms with Gasteiger partial charge in [0, 0.05) is 30.3 Å². The third kappa shape index (κ3) is 6.67. The van der Waals surface area contributed by atoms with E-state index in [1.165, 1.54) is 23.4 Å². The molecule has 0 saturated heterocycles. The minimum Gasteiger partial charge on any atom is -0.497 e. The van der Waals surface area contributed by atoms with Crippen molar-refractivity contribution in [2.75, 3.05) is 18.2 Å². The van der Waals surface area contributed by atoms with Crippen molar-refractivity contribution in [2.24, 2.45) is 0 Å². The number of allylic oxidation sites excluding steroid dienone is 1. The summed E-state index contributed by atoms with van der Waals surface area (Å²) in [7, 11) is 1.65. The Morgan fingerprint density at radius 3 is 2.68 bits per heavy atom. The maximum absolute atomic E-state index is 12.4. The number of nitro groups is 1. The molecule has 0 unspecified atom stereocenters. The summed E-state index contributed by atoms with van der Waals surface area (Å²) in [5, 5.41) is 23.0. The van der Waals surface area contributed by atoms with Gasteiger partial charge in [0.2, 0.25) is 5.91 Å². The lowest BCUT2D eigenvalue weighted by atomic mass is 10.1. The monoisotopic (exact) mass is 481 g/mol. The SMILES string of the molecule is C=CCn1c(CCCc2ccc(OC)cc2)nnc1SCC(=O)Nc1ccc(C)c([N+](=O)[O-])c1. The van der Waals surface area contributed by atoms with Crippen LogP contribution in [0.2, 0.25) is 0 Å². The number of nitro benzene ring substituents is 1. The molecule has 3 aromatic rings. The Balaban J connectivity index is 1.57. The number of methoxy groups -OCH3 is 1. The maximum Gasteiger partial charge on any atom is 0.274 e. The summed E-state index contributed by atoms with van der Waals surface area (Å²) in [4.78, 5) is 23.1. The van der Waals surface area contributed by atoms with Crippen molar-refractivity contribution in [3.8, 4) is 5.75 Å². The van der Waals surface area contributed by atoms with Crippen LogP contribution in [0.1, 0.15) is 23.4 Å². The lowest BCUT2D eigenvalue weighted by molar-refractivity contribution is -0.385. The summed E-state index contributed by atoms with van der Waals surface area (Å²) in [6.07, 6.45) is 4.32. The summed E-state index contributed by atoms with van der Waals surface area (Å²) < 4.78 is 7.15. The molecule has 0 radical (unpaired) electrons. The molecule has 178 valence electrons. The van der Waals surface area contributed by atoms with Crippen molar-refractivity contribution < 1.29 is 14.5 Å². The molecule has 0 atom stereocenters. The van der Waals surface area contributed by atoms with E-state index in [1.807, 2.05) is 16.7 Å². The van der Waals surface area contributed by atoms with Crippen molar-refractivity contribution in [3.05, 3.63) is 82.2 Å². The molecule has 0 aliphatic heterocycles. The molecular weight excluding hydrogens is 454 g/mol. The van der Waals surface area contributed by atoms with E-state index in [0.717, 1.165) is 30.8 Å². The fourth-order valence-electron chi connectivity index (χ4n) is 3.38. The van der Waals surface area contributed by atoms with Gasteiger partial charge in [-0.25, -0.2) is 0 Å². The zero-order valence-electron chi connectivity index (χ0n) is 19.2. The van der Waals surface area contributed by atoms with Gasteiger partial charge in [-0.15, -0.1) is 16.8 Å². The first kappa shape index (κ1) is 25.0. The summed E-state index contributed by atoms with van der Waals surface area (Å²) in [6.45, 7) is 6.00. The van der Waals surface area contributed by atoms with E-state index in [-0.39, 0.29) is 17.3 Å². The zero-order valence-corrected chi connectivity index (χ0v) is 20.0. The van der Waals surface area contributed by atoms with Crippen molar-refractivity contribution >= 4 is 29.0 Å². The number of ether oxygens (including phenoxy) is 1. The zero-order chi connectivity index (χ0) is 24.5. The second-order valence-electron chi connectivity index (χ2n) is 7.59. The number of amides is 1. The third-order valence-corrected chi connectivity index (χ3v) is 6.12. The van der Waals surface area contributed by atoms with Crippen LogP contribution in [0.25, 0.3) is 0 Å². The second-order valence-corrected chi connectivity index (χ2v) is 8.54. The molecule has 0 spiro atoms. The first-order chi connectivity index (χ1) is 16.4. The van der Waals surface area contributed by atoms with Crippen LogP contribution in [-0.4, -0.2) is 38.5 Å². The maximum atomic E-state index is 12.4. The molecule has 0 aliphatic rings. The van der Waals surface area contributed by atoms with Crippen molar-refractivity contribution in [1.82, 2.24) is 14.8 Å². The molecule has 2 aromatic carbocycles. The highest BCUT2D eigenvalue weighted by Gasteiger charge is 2.15. The van der Waals surface area contributed by atoms with E-state index >= 15 is 0 Å². The molecule has 1 aromatic heterocycles. The Morgan fingerprint density at radius 1 is 1.24 bits per heavy atom. The number of nitrogens with zero attached hydrogens (tertiary/aromatic N) is 4. The normalized spacial score (nSPS) is 10.6. The summed E-state index contributed by atoms with van der Waals surface area (Å²) in [6, 6.07) is 12.6. The Labute approximate surface area is 202 Å². The van der Waals surface area contributed by atoms with Crippen molar-refractivity contribution in [3.63, 3.8) is 0 Å². The van der Waals surface area contributed by atoms with Gasteiger partial charge < -0.3 is 14.6 Å². The van der Waals surface area contributed by atoms with Gasteiger partial charge in [0.25, 0.3) is 5.69 Å². The van der Waals surface area contributed by atoms with E-state index in [0.29, 0.717) is 23.0 Å². The standard InChI is InChI=1S/C24H27N5O4S/c1-4-14-28-22(7-5-6-18-9-12-20(33-3)13-10-18)26-27-24(28)34-16-23(30)25-19-11-8-17(2)21(15-19)29(31)32/h4,8-13,15H,1,5-7,14,16H2,2-3H3,(H,25,30). The molecule has 0 saturated carbocycles. The molecule has 10 heteroatoms. The Morgan fingerprint density at radius 2 is 2.00 bits per heavy atom. The molecule has 9 nitrogen and oxygen atoms in total. The Bertz CT molecular complexity index is 1160. The quantitative estimate of drug-likeness (QED) is 0.174. The third-order valence-electron chi connectivity index (χ3n) is 5.15. The number of hydrogen-bond acceptors (Lipinski definition) is 7. The topological polar surface area (TPSA) is 112 Å². The van der Waals surface area contributed by atoms with Gasteiger partial charge >= 0.3 is 0 Å². The fourth-order valence-corrected chi connectivity index (χ4v) is 4.14. The van der Waals surface area contributed by atoms with Crippen LogP contribution in [0.15, 0.2) is 60.3 Å². The average molecular weight is 482 g/mol. The highest BCUT2D eigenvalue weighted by molar-refractivity contribution is 7.99. The number of benzene rings is 2. The second kappa shape index (κ2) is 12.0. The van der Waals surface area contributed by atoms with Gasteiger partial charge in [0.15, 0.2) is 5.16 Å². The number of aryl methyl sites for hydroxylation is 3. The van der Waals surface area contributed by atoms with Crippen LogP contribution in [0.4, 0.5) is 11.4 Å². The highest BCUT2D eigenvalue weighted by atomic mass is 32.2. The van der Waals surface area contributed by atoms with Gasteiger partial charge in [-0.2, -0.15) is 0 Å². The Hall–Kier alpha value is -3.66. The van der Waals surface area contributed by atoms with E-state index in [9.17, 15) is 14.9 Å². The largest absolute Gasteiger partial charge is 0.497 e. The number of thioether (sulfide) groups is 1. The summed E-state index contributed by atoms with van der Waals surface area (Å²) in [5.41, 5.74) is 2.11. The molecule has 1 N–H and O–H groups in total. The number of nitrogens with one attached hydrogen (secondary N) is 1. The minimum absolute atomic E-state index is 0.0320. The van der Waals surface area contributed by atoms with Gasteiger partial charge in [-0.05, 0) is 43.5 Å². The first-order valence-corrected chi connectivity index (χ1v) is 11.7. The highest BCUT2D eigenvalue weighted by Crippen LogP contribution is 2.23. The van der Waals surface area contributed by atoms with E-state index in [1.54, 1.807) is 32.2 Å². The molecule has 0 aliphatic carbocycles. The van der Waals surface area contributed by atoms with E-state index < -0.39 is 4.92 Å². The van der Waals surface area contributed by atoms with Gasteiger partial charge in [0.1, 0.15) is 11.6 Å². The van der Waals surface area contributed by atoms with Crippen LogP contribution in [0.5, 0.6) is 5.75 Å². The minimum atomic E-state index is -0.465. The number of carbonyl (C=O) groups is 1. The number of anilines is 1. The van der Waals surface area contributed by atoms with E-state index in [2.05, 4.69) is 34.2 Å². The molecular formula is C24H27N5O4S. The van der Waals surface area contributed by atoms with Crippen molar-refractivity contribution in [1.29, 1.82) is 0 Å². The molecule has 1 amide bonds. The van der Waals surface area contributed by atoms with Gasteiger partial charge in [0.05, 0.1) is 17.8 Å². The van der Waals surface area contributed by atoms with Crippen LogP contribution >= 0.6 is 11.8 Å². The molecule has 1 heterocycles. The molecule has 0 bridgehead atoms. The predicted octanol–water partition coefficient (Wildman–Crippen LogP) is 4.60. The van der Waals surface area contributed by atoms with Crippen LogP contribution in [-0.2, 0) is 24.2 Å². The Kier molecular flexibility index (Phi) is 8.80. The van der Waals surface area contributed by atoms with Crippen LogP contribution < -0.4 is 10.1 Å².